The highest BCUT2D eigenvalue weighted by Gasteiger charge is 2.16. The number of carbonyl (C=O) groups is 1. The van der Waals surface area contributed by atoms with Gasteiger partial charge in [0.25, 0.3) is 0 Å². The molecular formula is C12H24N2O3. The third-order valence-electron chi connectivity index (χ3n) is 2.87. The molecule has 0 aromatic carbocycles. The molecule has 1 aliphatic carbocycles. The van der Waals surface area contributed by atoms with E-state index in [9.17, 15) is 9.90 Å². The number of hydrogen-bond donors (Lipinski definition) is 3. The first-order valence-electron chi connectivity index (χ1n) is 6.49. The molecule has 0 aliphatic heterocycles. The molecule has 100 valence electrons. The van der Waals surface area contributed by atoms with Crippen LogP contribution in [0.25, 0.3) is 0 Å². The van der Waals surface area contributed by atoms with Crippen molar-refractivity contribution in [3.63, 3.8) is 0 Å². The van der Waals surface area contributed by atoms with Crippen LogP contribution in [-0.4, -0.2) is 49.5 Å². The lowest BCUT2D eigenvalue weighted by Gasteiger charge is -2.15. The number of rotatable bonds is 8. The zero-order valence-corrected chi connectivity index (χ0v) is 10.6. The Morgan fingerprint density at radius 1 is 1.47 bits per heavy atom. The average Bonchev–Trinajstić information content (AvgIpc) is 2.79. The molecule has 1 unspecified atom stereocenters. The lowest BCUT2D eigenvalue weighted by atomic mass is 10.3. The van der Waals surface area contributed by atoms with Crippen molar-refractivity contribution in [3.05, 3.63) is 0 Å². The Labute approximate surface area is 103 Å². The Morgan fingerprint density at radius 2 is 2.18 bits per heavy atom. The molecule has 1 aliphatic rings. The predicted octanol–water partition coefficient (Wildman–Crippen LogP) is 0.0322. The fourth-order valence-electron chi connectivity index (χ4n) is 1.97. The van der Waals surface area contributed by atoms with Gasteiger partial charge in [0.2, 0.25) is 5.91 Å². The predicted molar refractivity (Wildman–Crippen MR) is 65.8 cm³/mol. The molecule has 0 aromatic rings. The molecule has 5 heteroatoms. The van der Waals surface area contributed by atoms with Crippen molar-refractivity contribution in [2.75, 3.05) is 26.2 Å². The van der Waals surface area contributed by atoms with E-state index in [4.69, 9.17) is 4.74 Å². The number of aliphatic hydroxyl groups is 1. The van der Waals surface area contributed by atoms with Gasteiger partial charge in [-0.15, -0.1) is 0 Å². The summed E-state index contributed by atoms with van der Waals surface area (Å²) >= 11 is 0. The van der Waals surface area contributed by atoms with Crippen molar-refractivity contribution in [1.29, 1.82) is 0 Å². The summed E-state index contributed by atoms with van der Waals surface area (Å²) in [6.45, 7) is 3.50. The molecule has 1 fully saturated rings. The number of aliphatic hydroxyl groups excluding tert-OH is 1. The molecule has 0 bridgehead atoms. The molecule has 0 spiro atoms. The smallest absolute Gasteiger partial charge is 0.233 e. The van der Waals surface area contributed by atoms with Crippen LogP contribution in [0.2, 0.25) is 0 Å². The highest BCUT2D eigenvalue weighted by molar-refractivity contribution is 5.77. The zero-order valence-electron chi connectivity index (χ0n) is 10.6. The van der Waals surface area contributed by atoms with Crippen molar-refractivity contribution in [3.8, 4) is 0 Å². The molecule has 17 heavy (non-hydrogen) atoms. The Hall–Kier alpha value is -0.650. The number of likely N-dealkylation sites (N-methyl/N-ethyl adjacent to an activating group) is 1. The third kappa shape index (κ3) is 6.61. The van der Waals surface area contributed by atoms with Crippen molar-refractivity contribution in [2.45, 2.75) is 44.8 Å². The van der Waals surface area contributed by atoms with Crippen molar-refractivity contribution >= 4 is 5.91 Å². The lowest BCUT2D eigenvalue weighted by molar-refractivity contribution is -0.120. The molecule has 5 nitrogen and oxygen atoms in total. The second-order valence-corrected chi connectivity index (χ2v) is 4.48. The molecule has 1 atom stereocenters. The number of amides is 1. The summed E-state index contributed by atoms with van der Waals surface area (Å²) < 4.78 is 5.58. The third-order valence-corrected chi connectivity index (χ3v) is 2.87. The van der Waals surface area contributed by atoms with E-state index in [1.165, 1.54) is 12.8 Å². The van der Waals surface area contributed by atoms with Gasteiger partial charge in [-0.3, -0.25) is 4.79 Å². The first kappa shape index (κ1) is 14.4. The number of carbonyl (C=O) groups excluding carboxylic acids is 1. The van der Waals surface area contributed by atoms with E-state index in [0.29, 0.717) is 25.8 Å². The minimum absolute atomic E-state index is 0.0450. The molecule has 0 saturated heterocycles. The standard InChI is InChI=1S/C12H24N2O3/c1-2-14-12(16)8-13-7-10(15)9-17-11-5-3-4-6-11/h10-11,13,15H,2-9H2,1H3,(H,14,16). The van der Waals surface area contributed by atoms with Crippen LogP contribution in [0.15, 0.2) is 0 Å². The lowest BCUT2D eigenvalue weighted by Crippen LogP contribution is -2.38. The van der Waals surface area contributed by atoms with Gasteiger partial charge in [0.05, 0.1) is 25.4 Å². The minimum Gasteiger partial charge on any atom is -0.389 e. The maximum absolute atomic E-state index is 11.1. The van der Waals surface area contributed by atoms with E-state index < -0.39 is 6.10 Å². The number of hydrogen-bond acceptors (Lipinski definition) is 4. The Bertz CT molecular complexity index is 218. The summed E-state index contributed by atoms with van der Waals surface area (Å²) in [7, 11) is 0. The largest absolute Gasteiger partial charge is 0.389 e. The quantitative estimate of drug-likeness (QED) is 0.563. The van der Waals surface area contributed by atoms with Crippen molar-refractivity contribution in [2.24, 2.45) is 0 Å². The van der Waals surface area contributed by atoms with Crippen LogP contribution < -0.4 is 10.6 Å². The first-order valence-corrected chi connectivity index (χ1v) is 6.49. The monoisotopic (exact) mass is 244 g/mol. The van der Waals surface area contributed by atoms with Gasteiger partial charge in [-0.1, -0.05) is 12.8 Å². The summed E-state index contributed by atoms with van der Waals surface area (Å²) in [5.41, 5.74) is 0. The van der Waals surface area contributed by atoms with Gasteiger partial charge in [-0.25, -0.2) is 0 Å². The van der Waals surface area contributed by atoms with Gasteiger partial charge >= 0.3 is 0 Å². The van der Waals surface area contributed by atoms with Gasteiger partial charge in [-0.2, -0.15) is 0 Å². The van der Waals surface area contributed by atoms with E-state index in [1.807, 2.05) is 6.92 Å². The maximum atomic E-state index is 11.1. The van der Waals surface area contributed by atoms with Gasteiger partial charge in [0, 0.05) is 13.1 Å². The van der Waals surface area contributed by atoms with Crippen LogP contribution in [-0.2, 0) is 9.53 Å². The van der Waals surface area contributed by atoms with Crippen LogP contribution in [0.5, 0.6) is 0 Å². The number of nitrogens with one attached hydrogen (secondary N) is 2. The molecule has 1 saturated carbocycles. The molecule has 1 rings (SSSR count). The Kier molecular flexibility index (Phi) is 7.16. The molecular weight excluding hydrogens is 220 g/mol. The average molecular weight is 244 g/mol. The van der Waals surface area contributed by atoms with Crippen LogP contribution in [0.1, 0.15) is 32.6 Å². The van der Waals surface area contributed by atoms with Gasteiger partial charge in [0.15, 0.2) is 0 Å². The van der Waals surface area contributed by atoms with Crippen molar-refractivity contribution < 1.29 is 14.6 Å². The molecule has 0 radical (unpaired) electrons. The van der Waals surface area contributed by atoms with Gasteiger partial charge in [0.1, 0.15) is 0 Å². The second kappa shape index (κ2) is 8.44. The molecule has 0 heterocycles. The fraction of sp³-hybridized carbons (Fsp3) is 0.917. The Morgan fingerprint density at radius 3 is 2.82 bits per heavy atom. The summed E-state index contributed by atoms with van der Waals surface area (Å²) in [4.78, 5) is 11.1. The highest BCUT2D eigenvalue weighted by Crippen LogP contribution is 2.20. The summed E-state index contributed by atoms with van der Waals surface area (Å²) in [5.74, 6) is -0.0450. The van der Waals surface area contributed by atoms with Crippen LogP contribution in [0, 0.1) is 0 Å². The zero-order chi connectivity index (χ0) is 12.5. The topological polar surface area (TPSA) is 70.6 Å². The summed E-state index contributed by atoms with van der Waals surface area (Å²) in [6, 6.07) is 0. The minimum atomic E-state index is -0.537. The fourth-order valence-corrected chi connectivity index (χ4v) is 1.97. The van der Waals surface area contributed by atoms with E-state index in [0.717, 1.165) is 12.8 Å². The Balaban J connectivity index is 1.96. The summed E-state index contributed by atoms with van der Waals surface area (Å²) in [5, 5.41) is 15.2. The molecule has 0 aromatic heterocycles. The van der Waals surface area contributed by atoms with E-state index in [2.05, 4.69) is 10.6 Å². The van der Waals surface area contributed by atoms with E-state index in [-0.39, 0.29) is 12.5 Å². The van der Waals surface area contributed by atoms with Crippen LogP contribution in [0.4, 0.5) is 0 Å². The normalized spacial score (nSPS) is 18.2. The van der Waals surface area contributed by atoms with Gasteiger partial charge < -0.3 is 20.5 Å². The maximum Gasteiger partial charge on any atom is 0.233 e. The first-order chi connectivity index (χ1) is 8.22. The summed E-state index contributed by atoms with van der Waals surface area (Å²) in [6.07, 6.45) is 4.47. The van der Waals surface area contributed by atoms with Crippen molar-refractivity contribution in [1.82, 2.24) is 10.6 Å². The SMILES string of the molecule is CCNC(=O)CNCC(O)COC1CCCC1. The van der Waals surface area contributed by atoms with Gasteiger partial charge in [-0.05, 0) is 19.8 Å². The highest BCUT2D eigenvalue weighted by atomic mass is 16.5. The van der Waals surface area contributed by atoms with Crippen LogP contribution in [0.3, 0.4) is 0 Å². The molecule has 3 N–H and O–H groups in total. The molecule has 1 amide bonds. The second-order valence-electron chi connectivity index (χ2n) is 4.48. The van der Waals surface area contributed by atoms with E-state index >= 15 is 0 Å². The van der Waals surface area contributed by atoms with Crippen LogP contribution >= 0.6 is 0 Å². The van der Waals surface area contributed by atoms with E-state index in [1.54, 1.807) is 0 Å². The number of ether oxygens (including phenoxy) is 1.